The molecule has 0 aromatic heterocycles. The van der Waals surface area contributed by atoms with Crippen LogP contribution in [0.3, 0.4) is 0 Å². The monoisotopic (exact) mass is 418 g/mol. The van der Waals surface area contributed by atoms with Gasteiger partial charge in [0.25, 0.3) is 0 Å². The maximum atomic E-state index is 5.37. The zero-order chi connectivity index (χ0) is 22.1. The standard InChI is InChI=1S/C26H30N2O3/c1-5-28(19-20-9-7-6-8-10-20)26(22-13-17-24(30-3)18-14-22)25(27-31-4)21-11-15-23(29-2)16-12-21/h6-18,26H,5,19H2,1-4H3. The Bertz CT molecular complexity index is 954. The predicted octanol–water partition coefficient (Wildman–Crippen LogP) is 5.32. The number of likely N-dealkylation sites (N-methyl/N-ethyl adjacent to an activating group) is 1. The van der Waals surface area contributed by atoms with Crippen molar-refractivity contribution in [2.45, 2.75) is 19.5 Å². The van der Waals surface area contributed by atoms with Gasteiger partial charge in [0.15, 0.2) is 0 Å². The van der Waals surface area contributed by atoms with Crippen LogP contribution in [0.1, 0.15) is 29.7 Å². The lowest BCUT2D eigenvalue weighted by Crippen LogP contribution is -2.34. The molecule has 0 aliphatic rings. The molecule has 0 aliphatic carbocycles. The van der Waals surface area contributed by atoms with Gasteiger partial charge in [0.05, 0.1) is 20.3 Å². The quantitative estimate of drug-likeness (QED) is 0.330. The molecule has 3 aromatic rings. The highest BCUT2D eigenvalue weighted by molar-refractivity contribution is 6.04. The fourth-order valence-electron chi connectivity index (χ4n) is 3.65. The molecule has 0 bridgehead atoms. The van der Waals surface area contributed by atoms with Crippen molar-refractivity contribution < 1.29 is 14.3 Å². The molecule has 0 aliphatic heterocycles. The van der Waals surface area contributed by atoms with Crippen molar-refractivity contribution in [3.8, 4) is 11.5 Å². The van der Waals surface area contributed by atoms with E-state index in [9.17, 15) is 0 Å². The zero-order valence-electron chi connectivity index (χ0n) is 18.6. The summed E-state index contributed by atoms with van der Waals surface area (Å²) in [4.78, 5) is 7.70. The fourth-order valence-corrected chi connectivity index (χ4v) is 3.65. The van der Waals surface area contributed by atoms with E-state index in [1.807, 2.05) is 42.5 Å². The molecule has 1 unspecified atom stereocenters. The van der Waals surface area contributed by atoms with E-state index in [4.69, 9.17) is 14.3 Å². The molecular formula is C26H30N2O3. The molecule has 3 rings (SSSR count). The van der Waals surface area contributed by atoms with Crippen molar-refractivity contribution >= 4 is 5.71 Å². The first-order chi connectivity index (χ1) is 15.2. The molecule has 0 N–H and O–H groups in total. The summed E-state index contributed by atoms with van der Waals surface area (Å²) in [6, 6.07) is 26.4. The highest BCUT2D eigenvalue weighted by Gasteiger charge is 2.27. The third kappa shape index (κ3) is 5.64. The van der Waals surface area contributed by atoms with Crippen LogP contribution in [0.4, 0.5) is 0 Å². The Morgan fingerprint density at radius 2 is 1.39 bits per heavy atom. The van der Waals surface area contributed by atoms with Crippen LogP contribution in [0.5, 0.6) is 11.5 Å². The van der Waals surface area contributed by atoms with Crippen molar-refractivity contribution in [2.24, 2.45) is 5.16 Å². The van der Waals surface area contributed by atoms with Crippen LogP contribution >= 0.6 is 0 Å². The second kappa shape index (κ2) is 11.2. The number of benzene rings is 3. The molecule has 31 heavy (non-hydrogen) atoms. The van der Waals surface area contributed by atoms with Crippen LogP contribution < -0.4 is 9.47 Å². The summed E-state index contributed by atoms with van der Waals surface area (Å²) in [5, 5.41) is 4.48. The van der Waals surface area contributed by atoms with Crippen LogP contribution in [0.25, 0.3) is 0 Å². The first kappa shape index (κ1) is 22.4. The second-order valence-corrected chi connectivity index (χ2v) is 7.11. The van der Waals surface area contributed by atoms with E-state index in [-0.39, 0.29) is 6.04 Å². The van der Waals surface area contributed by atoms with Gasteiger partial charge in [-0.25, -0.2) is 0 Å². The number of nitrogens with zero attached hydrogens (tertiary/aromatic N) is 2. The minimum Gasteiger partial charge on any atom is -0.497 e. The van der Waals surface area contributed by atoms with E-state index in [1.165, 1.54) is 5.56 Å². The molecule has 162 valence electrons. The van der Waals surface area contributed by atoms with Gasteiger partial charge >= 0.3 is 0 Å². The number of ether oxygens (including phenoxy) is 2. The average Bonchev–Trinajstić information content (AvgIpc) is 2.84. The third-order valence-electron chi connectivity index (χ3n) is 5.27. The molecule has 0 fully saturated rings. The molecule has 0 spiro atoms. The second-order valence-electron chi connectivity index (χ2n) is 7.11. The molecule has 0 amide bonds. The van der Waals surface area contributed by atoms with Gasteiger partial charge in [-0.05, 0) is 54.1 Å². The summed E-state index contributed by atoms with van der Waals surface area (Å²) in [5.74, 6) is 1.63. The van der Waals surface area contributed by atoms with Crippen molar-refractivity contribution in [1.82, 2.24) is 4.90 Å². The molecule has 1 atom stereocenters. The van der Waals surface area contributed by atoms with Gasteiger partial charge in [0.1, 0.15) is 24.3 Å². The summed E-state index contributed by atoms with van der Waals surface area (Å²) in [6.07, 6.45) is 0. The lowest BCUT2D eigenvalue weighted by molar-refractivity contribution is 0.200. The molecule has 5 heteroatoms. The lowest BCUT2D eigenvalue weighted by atomic mass is 9.94. The third-order valence-corrected chi connectivity index (χ3v) is 5.27. The van der Waals surface area contributed by atoms with Gasteiger partial charge in [0.2, 0.25) is 0 Å². The molecule has 0 radical (unpaired) electrons. The highest BCUT2D eigenvalue weighted by atomic mass is 16.6. The van der Waals surface area contributed by atoms with Gasteiger partial charge in [-0.3, -0.25) is 4.90 Å². The Balaban J connectivity index is 2.07. The van der Waals surface area contributed by atoms with Gasteiger partial charge in [-0.15, -0.1) is 0 Å². The number of oxime groups is 1. The number of hydrogen-bond donors (Lipinski definition) is 0. The van der Waals surface area contributed by atoms with Crippen LogP contribution in [0.15, 0.2) is 84.0 Å². The van der Waals surface area contributed by atoms with Crippen LogP contribution in [-0.4, -0.2) is 38.5 Å². The van der Waals surface area contributed by atoms with Crippen LogP contribution in [0, 0.1) is 0 Å². The Kier molecular flexibility index (Phi) is 8.07. The van der Waals surface area contributed by atoms with Gasteiger partial charge in [-0.1, -0.05) is 54.5 Å². The van der Waals surface area contributed by atoms with E-state index in [2.05, 4.69) is 53.4 Å². The molecule has 0 saturated carbocycles. The lowest BCUT2D eigenvalue weighted by Gasteiger charge is -2.32. The maximum absolute atomic E-state index is 5.37. The average molecular weight is 419 g/mol. The fraction of sp³-hybridized carbons (Fsp3) is 0.269. The summed E-state index contributed by atoms with van der Waals surface area (Å²) in [6.45, 7) is 3.79. The summed E-state index contributed by atoms with van der Waals surface area (Å²) in [7, 11) is 4.93. The van der Waals surface area contributed by atoms with E-state index in [1.54, 1.807) is 21.3 Å². The minimum atomic E-state index is -0.107. The maximum Gasteiger partial charge on any atom is 0.118 e. The smallest absolute Gasteiger partial charge is 0.118 e. The van der Waals surface area contributed by atoms with E-state index in [0.29, 0.717) is 0 Å². The predicted molar refractivity (Wildman–Crippen MR) is 125 cm³/mol. The molecule has 3 aromatic carbocycles. The van der Waals surface area contributed by atoms with E-state index in [0.717, 1.165) is 41.4 Å². The van der Waals surface area contributed by atoms with Crippen LogP contribution in [0.2, 0.25) is 0 Å². The van der Waals surface area contributed by atoms with Crippen molar-refractivity contribution in [2.75, 3.05) is 27.9 Å². The zero-order valence-corrected chi connectivity index (χ0v) is 18.6. The summed E-state index contributed by atoms with van der Waals surface area (Å²) >= 11 is 0. The SMILES string of the molecule is CCN(Cc1ccccc1)C(C(=NOC)c1ccc(OC)cc1)c1ccc(OC)cc1. The first-order valence-corrected chi connectivity index (χ1v) is 10.4. The number of methoxy groups -OCH3 is 2. The normalized spacial score (nSPS) is 12.5. The minimum absolute atomic E-state index is 0.107. The Morgan fingerprint density at radius 1 is 0.806 bits per heavy atom. The highest BCUT2D eigenvalue weighted by Crippen LogP contribution is 2.30. The van der Waals surface area contributed by atoms with Crippen molar-refractivity contribution in [1.29, 1.82) is 0 Å². The van der Waals surface area contributed by atoms with Gasteiger partial charge in [0, 0.05) is 12.1 Å². The van der Waals surface area contributed by atoms with Gasteiger partial charge < -0.3 is 14.3 Å². The number of rotatable bonds is 10. The van der Waals surface area contributed by atoms with Gasteiger partial charge in [-0.2, -0.15) is 0 Å². The number of hydrogen-bond acceptors (Lipinski definition) is 5. The summed E-state index contributed by atoms with van der Waals surface area (Å²) in [5.41, 5.74) is 4.18. The van der Waals surface area contributed by atoms with Crippen molar-refractivity contribution in [3.63, 3.8) is 0 Å². The first-order valence-electron chi connectivity index (χ1n) is 10.4. The molecule has 5 nitrogen and oxygen atoms in total. The Morgan fingerprint density at radius 3 is 1.90 bits per heavy atom. The summed E-state index contributed by atoms with van der Waals surface area (Å²) < 4.78 is 10.7. The van der Waals surface area contributed by atoms with Crippen LogP contribution in [-0.2, 0) is 11.4 Å². The molecule has 0 saturated heterocycles. The topological polar surface area (TPSA) is 43.3 Å². The Hall–Kier alpha value is -3.31. The molecule has 0 heterocycles. The van der Waals surface area contributed by atoms with E-state index >= 15 is 0 Å². The van der Waals surface area contributed by atoms with Crippen molar-refractivity contribution in [3.05, 3.63) is 95.6 Å². The Labute approximate surface area is 184 Å². The molecular weight excluding hydrogens is 388 g/mol. The van der Waals surface area contributed by atoms with E-state index < -0.39 is 0 Å². The largest absolute Gasteiger partial charge is 0.497 e.